The van der Waals surface area contributed by atoms with Gasteiger partial charge in [0.1, 0.15) is 0 Å². The standard InChI is InChI=1S/C42H67N3O5/c1-8-11-13-17-43(18-14-12-9-2)28-34(46)29-45-20-16-32-24-40(48-5)42(50-7)26-36(32)38(45)22-33-21-37-35-25-41(49-6)39(47-4)23-31(35)15-19-44(37)27-30(33)10-3/h23-26,30,33-34,37-38,46H,8-22,27-29H2,1-7H3. The van der Waals surface area contributed by atoms with Gasteiger partial charge in [0.05, 0.1) is 34.5 Å². The molecule has 2 aromatic rings. The third-order valence-electron chi connectivity index (χ3n) is 12.0. The lowest BCUT2D eigenvalue weighted by Gasteiger charge is -2.49. The number of unbranched alkanes of at least 4 members (excludes halogenated alkanes) is 4. The number of β-amino-alcohol motifs (C(OH)–C–C–N with tert-alkyl or cyclic N) is 1. The number of rotatable bonds is 19. The molecule has 8 heteroatoms. The highest BCUT2D eigenvalue weighted by molar-refractivity contribution is 5.51. The summed E-state index contributed by atoms with van der Waals surface area (Å²) in [6.45, 7) is 13.7. The van der Waals surface area contributed by atoms with Crippen LogP contribution in [0.1, 0.15) is 113 Å². The molecule has 3 aliphatic heterocycles. The second kappa shape index (κ2) is 18.8. The van der Waals surface area contributed by atoms with Crippen LogP contribution in [0.2, 0.25) is 0 Å². The highest BCUT2D eigenvalue weighted by Gasteiger charge is 2.41. The molecular weight excluding hydrogens is 626 g/mol. The Kier molecular flexibility index (Phi) is 14.6. The summed E-state index contributed by atoms with van der Waals surface area (Å²) in [5.41, 5.74) is 5.49. The second-order valence-electron chi connectivity index (χ2n) is 15.1. The number of aliphatic hydroxyl groups excluding tert-OH is 1. The van der Waals surface area contributed by atoms with E-state index in [0.29, 0.717) is 24.4 Å². The SMILES string of the molecule is CCCCCN(CCCCC)CC(O)CN1CCc2cc(OC)c(OC)cc2C1CC1CC2c3cc(OC)c(OC)cc3CCN2CC1CC. The Balaban J connectivity index is 1.42. The van der Waals surface area contributed by atoms with Gasteiger partial charge < -0.3 is 29.0 Å². The van der Waals surface area contributed by atoms with E-state index in [1.54, 1.807) is 28.4 Å². The predicted molar refractivity (Wildman–Crippen MR) is 203 cm³/mol. The van der Waals surface area contributed by atoms with E-state index in [9.17, 15) is 5.11 Å². The van der Waals surface area contributed by atoms with Crippen LogP contribution in [0.5, 0.6) is 23.0 Å². The van der Waals surface area contributed by atoms with Crippen molar-refractivity contribution >= 4 is 0 Å². The van der Waals surface area contributed by atoms with Crippen molar-refractivity contribution < 1.29 is 24.1 Å². The van der Waals surface area contributed by atoms with Crippen molar-refractivity contribution in [3.05, 3.63) is 46.5 Å². The molecule has 0 saturated carbocycles. The molecule has 1 N–H and O–H groups in total. The number of aliphatic hydroxyl groups is 1. The Labute approximate surface area is 303 Å². The van der Waals surface area contributed by atoms with Gasteiger partial charge in [0, 0.05) is 44.8 Å². The van der Waals surface area contributed by atoms with Gasteiger partial charge in [0.25, 0.3) is 0 Å². The lowest BCUT2D eigenvalue weighted by atomic mass is 9.72. The molecule has 3 aliphatic rings. The average Bonchev–Trinajstić information content (AvgIpc) is 3.14. The molecule has 0 aromatic heterocycles. The zero-order valence-corrected chi connectivity index (χ0v) is 32.3. The van der Waals surface area contributed by atoms with Crippen LogP contribution in [0, 0.1) is 11.8 Å². The summed E-state index contributed by atoms with van der Waals surface area (Å²) in [6, 6.07) is 9.48. The molecule has 5 rings (SSSR count). The van der Waals surface area contributed by atoms with Gasteiger partial charge in [0.15, 0.2) is 23.0 Å². The van der Waals surface area contributed by atoms with Crippen LogP contribution in [0.15, 0.2) is 24.3 Å². The Morgan fingerprint density at radius 1 is 0.740 bits per heavy atom. The fourth-order valence-electron chi connectivity index (χ4n) is 9.21. The molecule has 0 bridgehead atoms. The maximum atomic E-state index is 11.7. The van der Waals surface area contributed by atoms with Crippen LogP contribution in [-0.2, 0) is 12.8 Å². The number of ether oxygens (including phenoxy) is 4. The fourth-order valence-corrected chi connectivity index (χ4v) is 9.21. The summed E-state index contributed by atoms with van der Waals surface area (Å²) in [5.74, 6) is 4.41. The highest BCUT2D eigenvalue weighted by atomic mass is 16.5. The number of methoxy groups -OCH3 is 4. The van der Waals surface area contributed by atoms with Crippen LogP contribution in [-0.4, -0.2) is 100 Å². The molecule has 1 fully saturated rings. The smallest absolute Gasteiger partial charge is 0.161 e. The quantitative estimate of drug-likeness (QED) is 0.150. The molecule has 0 radical (unpaired) electrons. The summed E-state index contributed by atoms with van der Waals surface area (Å²) in [5, 5.41) is 11.7. The zero-order chi connectivity index (χ0) is 35.6. The first-order valence-corrected chi connectivity index (χ1v) is 19.8. The van der Waals surface area contributed by atoms with E-state index in [2.05, 4.69) is 59.7 Å². The topological polar surface area (TPSA) is 66.9 Å². The molecule has 0 spiro atoms. The normalized spacial score (nSPS) is 22.8. The van der Waals surface area contributed by atoms with Crippen molar-refractivity contribution in [3.8, 4) is 23.0 Å². The van der Waals surface area contributed by atoms with Crippen molar-refractivity contribution in [2.45, 2.75) is 110 Å². The van der Waals surface area contributed by atoms with Crippen LogP contribution in [0.25, 0.3) is 0 Å². The van der Waals surface area contributed by atoms with Gasteiger partial charge in [-0.25, -0.2) is 0 Å². The minimum absolute atomic E-state index is 0.209. The van der Waals surface area contributed by atoms with Crippen LogP contribution in [0.3, 0.4) is 0 Å². The van der Waals surface area contributed by atoms with Gasteiger partial charge >= 0.3 is 0 Å². The van der Waals surface area contributed by atoms with E-state index in [4.69, 9.17) is 18.9 Å². The molecule has 50 heavy (non-hydrogen) atoms. The lowest BCUT2D eigenvalue weighted by Crippen LogP contribution is -2.48. The number of hydrogen-bond donors (Lipinski definition) is 1. The molecule has 0 aliphatic carbocycles. The predicted octanol–water partition coefficient (Wildman–Crippen LogP) is 7.70. The molecule has 280 valence electrons. The van der Waals surface area contributed by atoms with E-state index >= 15 is 0 Å². The summed E-state index contributed by atoms with van der Waals surface area (Å²) in [6.07, 6.45) is 12.3. The van der Waals surface area contributed by atoms with Crippen molar-refractivity contribution in [1.82, 2.24) is 14.7 Å². The number of fused-ring (bicyclic) bond motifs is 4. The first-order valence-electron chi connectivity index (χ1n) is 19.8. The molecule has 2 aromatic carbocycles. The number of piperidine rings is 1. The first kappa shape index (κ1) is 38.7. The number of nitrogens with zero attached hydrogens (tertiary/aromatic N) is 3. The molecule has 0 amide bonds. The van der Waals surface area contributed by atoms with E-state index < -0.39 is 0 Å². The second-order valence-corrected chi connectivity index (χ2v) is 15.1. The number of benzene rings is 2. The number of hydrogen-bond acceptors (Lipinski definition) is 8. The Morgan fingerprint density at radius 3 is 1.88 bits per heavy atom. The molecule has 8 nitrogen and oxygen atoms in total. The third-order valence-corrected chi connectivity index (χ3v) is 12.0. The minimum Gasteiger partial charge on any atom is -0.493 e. The van der Waals surface area contributed by atoms with Gasteiger partial charge in [-0.15, -0.1) is 0 Å². The zero-order valence-electron chi connectivity index (χ0n) is 32.3. The van der Waals surface area contributed by atoms with E-state index in [1.807, 2.05) is 0 Å². The van der Waals surface area contributed by atoms with E-state index in [0.717, 1.165) is 87.9 Å². The highest BCUT2D eigenvalue weighted by Crippen LogP contribution is 2.49. The molecular formula is C42H67N3O5. The van der Waals surface area contributed by atoms with Crippen LogP contribution in [0.4, 0.5) is 0 Å². The van der Waals surface area contributed by atoms with Crippen molar-refractivity contribution in [3.63, 3.8) is 0 Å². The Bertz CT molecular complexity index is 1340. The summed E-state index contributed by atoms with van der Waals surface area (Å²) >= 11 is 0. The fraction of sp³-hybridized carbons (Fsp3) is 0.714. The average molecular weight is 694 g/mol. The van der Waals surface area contributed by atoms with Crippen molar-refractivity contribution in [2.24, 2.45) is 11.8 Å². The van der Waals surface area contributed by atoms with E-state index in [1.165, 1.54) is 67.2 Å². The van der Waals surface area contributed by atoms with Gasteiger partial charge in [-0.3, -0.25) is 9.80 Å². The Morgan fingerprint density at radius 2 is 1.30 bits per heavy atom. The third kappa shape index (κ3) is 9.09. The van der Waals surface area contributed by atoms with Crippen LogP contribution < -0.4 is 18.9 Å². The van der Waals surface area contributed by atoms with Gasteiger partial charge in [-0.1, -0.05) is 52.9 Å². The van der Waals surface area contributed by atoms with E-state index in [-0.39, 0.29) is 12.1 Å². The summed E-state index contributed by atoms with van der Waals surface area (Å²) in [7, 11) is 6.94. The molecule has 5 atom stereocenters. The maximum Gasteiger partial charge on any atom is 0.161 e. The molecule has 3 heterocycles. The largest absolute Gasteiger partial charge is 0.493 e. The Hall–Kier alpha value is -2.52. The van der Waals surface area contributed by atoms with Crippen molar-refractivity contribution in [1.29, 1.82) is 0 Å². The minimum atomic E-state index is -0.390. The van der Waals surface area contributed by atoms with Crippen LogP contribution >= 0.6 is 0 Å². The molecule has 1 saturated heterocycles. The molecule has 5 unspecified atom stereocenters. The van der Waals surface area contributed by atoms with Gasteiger partial charge in [-0.2, -0.15) is 0 Å². The maximum absolute atomic E-state index is 11.7. The van der Waals surface area contributed by atoms with Gasteiger partial charge in [-0.05, 0) is 110 Å². The van der Waals surface area contributed by atoms with Gasteiger partial charge in [0.2, 0.25) is 0 Å². The van der Waals surface area contributed by atoms with Crippen molar-refractivity contribution in [2.75, 3.05) is 74.3 Å². The summed E-state index contributed by atoms with van der Waals surface area (Å²) in [4.78, 5) is 7.87. The summed E-state index contributed by atoms with van der Waals surface area (Å²) < 4.78 is 23.1. The first-order chi connectivity index (χ1) is 24.4. The monoisotopic (exact) mass is 694 g/mol. The lowest BCUT2D eigenvalue weighted by molar-refractivity contribution is 0.0155.